The molecule has 0 atom stereocenters. The van der Waals surface area contributed by atoms with Crippen LogP contribution >= 0.6 is 11.8 Å². The number of esters is 2. The molecule has 90 valence electrons. The first-order valence-electron chi connectivity index (χ1n) is 5.08. The van der Waals surface area contributed by atoms with Crippen LogP contribution in [0.4, 0.5) is 0 Å². The van der Waals surface area contributed by atoms with E-state index in [4.69, 9.17) is 9.47 Å². The average molecular weight is 253 g/mol. The second-order valence-electron chi connectivity index (χ2n) is 3.43. The number of carbonyl (C=O) groups is 2. The Labute approximate surface area is 103 Å². The van der Waals surface area contributed by atoms with Gasteiger partial charge in [0.25, 0.3) is 0 Å². The number of aromatic nitrogens is 1. The van der Waals surface area contributed by atoms with E-state index in [1.165, 1.54) is 11.8 Å². The molecule has 1 aromatic heterocycles. The highest BCUT2D eigenvalue weighted by atomic mass is 32.2. The molecule has 2 bridgehead atoms. The molecule has 2 rings (SSSR count). The Morgan fingerprint density at radius 3 is 2.06 bits per heavy atom. The Hall–Kier alpha value is -1.56. The highest BCUT2D eigenvalue weighted by Gasteiger charge is 2.11. The predicted molar refractivity (Wildman–Crippen MR) is 61.2 cm³/mol. The van der Waals surface area contributed by atoms with Gasteiger partial charge in [-0.25, -0.2) is 0 Å². The predicted octanol–water partition coefficient (Wildman–Crippen LogP) is 0.915. The summed E-state index contributed by atoms with van der Waals surface area (Å²) in [6, 6.07) is 5.31. The number of ether oxygens (including phenoxy) is 2. The van der Waals surface area contributed by atoms with Gasteiger partial charge in [-0.2, -0.15) is 0 Å². The van der Waals surface area contributed by atoms with Crippen LogP contribution < -0.4 is 0 Å². The first-order chi connectivity index (χ1) is 8.24. The summed E-state index contributed by atoms with van der Waals surface area (Å²) in [6.07, 6.45) is 0. The van der Waals surface area contributed by atoms with Crippen molar-refractivity contribution in [1.29, 1.82) is 0 Å². The summed E-state index contributed by atoms with van der Waals surface area (Å²) in [5.74, 6) is -0.407. The lowest BCUT2D eigenvalue weighted by Gasteiger charge is -2.09. The topological polar surface area (TPSA) is 65.5 Å². The third-order valence-corrected chi connectivity index (χ3v) is 2.95. The lowest BCUT2D eigenvalue weighted by Crippen LogP contribution is -2.14. The minimum absolute atomic E-state index is 0.148. The number of fused-ring (bicyclic) bond motifs is 2. The van der Waals surface area contributed by atoms with Crippen LogP contribution in [0.2, 0.25) is 0 Å². The molecule has 6 heteroatoms. The van der Waals surface area contributed by atoms with Gasteiger partial charge in [0, 0.05) is 0 Å². The van der Waals surface area contributed by atoms with Crippen LogP contribution in [-0.2, 0) is 32.3 Å². The van der Waals surface area contributed by atoms with E-state index in [-0.39, 0.29) is 36.7 Å². The Morgan fingerprint density at radius 2 is 1.53 bits per heavy atom. The summed E-state index contributed by atoms with van der Waals surface area (Å²) < 4.78 is 10.0. The molecule has 0 saturated carbocycles. The lowest BCUT2D eigenvalue weighted by atomic mass is 10.3. The molecule has 2 heterocycles. The van der Waals surface area contributed by atoms with Crippen LogP contribution in [0.15, 0.2) is 18.2 Å². The number of cyclic esters (lactones) is 2. The number of pyridine rings is 1. The maximum atomic E-state index is 11.3. The van der Waals surface area contributed by atoms with Crippen molar-refractivity contribution in [2.24, 2.45) is 0 Å². The van der Waals surface area contributed by atoms with E-state index in [0.717, 1.165) is 0 Å². The minimum atomic E-state index is -0.351. The summed E-state index contributed by atoms with van der Waals surface area (Å²) in [6.45, 7) is 0.308. The van der Waals surface area contributed by atoms with E-state index in [2.05, 4.69) is 4.98 Å². The largest absolute Gasteiger partial charge is 0.459 e. The van der Waals surface area contributed by atoms with E-state index in [1.54, 1.807) is 18.2 Å². The summed E-state index contributed by atoms with van der Waals surface area (Å²) in [7, 11) is 0. The minimum Gasteiger partial charge on any atom is -0.459 e. The lowest BCUT2D eigenvalue weighted by molar-refractivity contribution is -0.141. The van der Waals surface area contributed by atoms with Gasteiger partial charge < -0.3 is 9.47 Å². The Balaban J connectivity index is 2.12. The fourth-order valence-corrected chi connectivity index (χ4v) is 1.90. The quantitative estimate of drug-likeness (QED) is 0.640. The molecule has 0 amide bonds. The van der Waals surface area contributed by atoms with Gasteiger partial charge in [0.2, 0.25) is 0 Å². The van der Waals surface area contributed by atoms with Gasteiger partial charge in [-0.3, -0.25) is 14.6 Å². The van der Waals surface area contributed by atoms with E-state index >= 15 is 0 Å². The van der Waals surface area contributed by atoms with Crippen molar-refractivity contribution >= 4 is 23.7 Å². The van der Waals surface area contributed by atoms with E-state index in [0.29, 0.717) is 11.4 Å². The van der Waals surface area contributed by atoms with Gasteiger partial charge in [-0.15, -0.1) is 11.8 Å². The highest BCUT2D eigenvalue weighted by Crippen LogP contribution is 2.08. The molecule has 0 fully saturated rings. The Morgan fingerprint density at radius 1 is 1.00 bits per heavy atom. The average Bonchev–Trinajstić information content (AvgIpc) is 2.33. The van der Waals surface area contributed by atoms with Crippen molar-refractivity contribution < 1.29 is 19.1 Å². The van der Waals surface area contributed by atoms with Gasteiger partial charge in [0.15, 0.2) is 0 Å². The van der Waals surface area contributed by atoms with Gasteiger partial charge in [0.1, 0.15) is 13.2 Å². The smallest absolute Gasteiger partial charge is 0.316 e. The number of carbonyl (C=O) groups excluding carboxylic acids is 2. The molecule has 1 aliphatic heterocycles. The maximum Gasteiger partial charge on any atom is 0.316 e. The molecule has 17 heavy (non-hydrogen) atoms. The molecular formula is C11H11NO4S. The standard InChI is InChI=1S/C11H11NO4S/c13-10-6-17-7-11(14)16-5-9-3-1-2-8(12-9)4-15-10/h1-3H,4-7H2. The summed E-state index contributed by atoms with van der Waals surface area (Å²) >= 11 is 1.19. The summed E-state index contributed by atoms with van der Waals surface area (Å²) in [4.78, 5) is 26.8. The third-order valence-electron chi connectivity index (χ3n) is 2.07. The van der Waals surface area contributed by atoms with Crippen LogP contribution in [0.1, 0.15) is 11.4 Å². The highest BCUT2D eigenvalue weighted by molar-refractivity contribution is 8.00. The normalized spacial score (nSPS) is 17.4. The summed E-state index contributed by atoms with van der Waals surface area (Å²) in [5, 5.41) is 0. The van der Waals surface area contributed by atoms with E-state index in [9.17, 15) is 9.59 Å². The Kier molecular flexibility index (Phi) is 3.98. The molecular weight excluding hydrogens is 242 g/mol. The van der Waals surface area contributed by atoms with Gasteiger partial charge in [-0.1, -0.05) is 6.07 Å². The van der Waals surface area contributed by atoms with Crippen LogP contribution in [0.5, 0.6) is 0 Å². The zero-order valence-corrected chi connectivity index (χ0v) is 9.87. The molecule has 0 aliphatic carbocycles. The van der Waals surface area contributed by atoms with E-state index in [1.807, 2.05) is 0 Å². The molecule has 0 spiro atoms. The molecule has 0 unspecified atom stereocenters. The fraction of sp³-hybridized carbons (Fsp3) is 0.364. The van der Waals surface area contributed by atoms with Crippen molar-refractivity contribution in [1.82, 2.24) is 4.98 Å². The first kappa shape index (κ1) is 11.9. The van der Waals surface area contributed by atoms with Crippen molar-refractivity contribution in [3.05, 3.63) is 29.6 Å². The van der Waals surface area contributed by atoms with Crippen molar-refractivity contribution in [3.8, 4) is 0 Å². The zero-order chi connectivity index (χ0) is 12.1. The zero-order valence-electron chi connectivity index (χ0n) is 9.05. The molecule has 1 aromatic rings. The number of hydrogen-bond donors (Lipinski definition) is 0. The number of rotatable bonds is 0. The SMILES string of the molecule is O=C1CSCC(=O)OCc2cccc(n2)CO1. The van der Waals surface area contributed by atoms with Crippen LogP contribution in [-0.4, -0.2) is 28.4 Å². The van der Waals surface area contributed by atoms with Crippen LogP contribution in [0.25, 0.3) is 0 Å². The number of hydrogen-bond acceptors (Lipinski definition) is 6. The van der Waals surface area contributed by atoms with Gasteiger partial charge in [-0.05, 0) is 12.1 Å². The summed E-state index contributed by atoms with van der Waals surface area (Å²) in [5.41, 5.74) is 1.30. The van der Waals surface area contributed by atoms with E-state index < -0.39 is 0 Å². The fourth-order valence-electron chi connectivity index (χ4n) is 1.30. The van der Waals surface area contributed by atoms with Gasteiger partial charge >= 0.3 is 11.9 Å². The number of nitrogens with zero attached hydrogens (tertiary/aromatic N) is 1. The van der Waals surface area contributed by atoms with Crippen LogP contribution in [0.3, 0.4) is 0 Å². The molecule has 0 radical (unpaired) electrons. The molecule has 1 aliphatic rings. The van der Waals surface area contributed by atoms with Crippen molar-refractivity contribution in [2.45, 2.75) is 13.2 Å². The van der Waals surface area contributed by atoms with Crippen molar-refractivity contribution in [3.63, 3.8) is 0 Å². The monoisotopic (exact) mass is 253 g/mol. The van der Waals surface area contributed by atoms with Crippen molar-refractivity contribution in [2.75, 3.05) is 11.5 Å². The second kappa shape index (κ2) is 5.67. The molecule has 0 aromatic carbocycles. The molecule has 0 saturated heterocycles. The maximum absolute atomic E-state index is 11.3. The molecule has 0 N–H and O–H groups in total. The third kappa shape index (κ3) is 3.74. The Bertz CT molecular complexity index is 400. The van der Waals surface area contributed by atoms with Gasteiger partial charge in [0.05, 0.1) is 22.9 Å². The second-order valence-corrected chi connectivity index (χ2v) is 4.42. The van der Waals surface area contributed by atoms with Crippen LogP contribution in [0, 0.1) is 0 Å². The first-order valence-corrected chi connectivity index (χ1v) is 6.23. The number of thioether (sulfide) groups is 1. The molecule has 5 nitrogen and oxygen atoms in total.